The number of carbonyl (C=O) groups is 2. The van der Waals surface area contributed by atoms with Crippen LogP contribution in [0.1, 0.15) is 6.92 Å². The van der Waals surface area contributed by atoms with Crippen LogP contribution in [0, 0.1) is 0 Å². The predicted molar refractivity (Wildman–Crippen MR) is 89.1 cm³/mol. The van der Waals surface area contributed by atoms with Crippen LogP contribution in [0.5, 0.6) is 0 Å². The molecule has 0 spiro atoms. The van der Waals surface area contributed by atoms with Crippen molar-refractivity contribution in [3.05, 3.63) is 30.3 Å². The fourth-order valence-corrected chi connectivity index (χ4v) is 2.14. The monoisotopic (exact) mass is 381 g/mol. The molecule has 1 heterocycles. The van der Waals surface area contributed by atoms with E-state index in [1.165, 1.54) is 0 Å². The Morgan fingerprint density at radius 3 is 2.27 bits per heavy atom. The number of urea groups is 1. The molecule has 1 saturated heterocycles. The summed E-state index contributed by atoms with van der Waals surface area (Å²) in [5, 5.41) is 0. The van der Waals surface area contributed by atoms with Gasteiger partial charge in [0.15, 0.2) is 5.50 Å². The highest BCUT2D eigenvalue weighted by molar-refractivity contribution is 6.70. The van der Waals surface area contributed by atoms with E-state index in [0.717, 1.165) is 9.80 Å². The number of amides is 3. The lowest BCUT2D eigenvalue weighted by Crippen LogP contribution is -2.33. The molecule has 0 N–H and O–H groups in total. The first-order valence-corrected chi connectivity index (χ1v) is 7.84. The van der Waals surface area contributed by atoms with Gasteiger partial charge in [0.1, 0.15) is 0 Å². The van der Waals surface area contributed by atoms with Gasteiger partial charge in [0.2, 0.25) is 9.63 Å². The first kappa shape index (κ1) is 17.3. The molecule has 1 aromatic carbocycles. The van der Waals surface area contributed by atoms with Gasteiger partial charge in [0.05, 0.1) is 5.69 Å². The number of anilines is 1. The Hall–Kier alpha value is -1.01. The average Bonchev–Trinajstić information content (AvgIpc) is 2.69. The first-order valence-electron chi connectivity index (χ1n) is 6.27. The maximum absolute atomic E-state index is 12.4. The molecule has 1 aliphatic heterocycles. The number of likely N-dealkylation sites (N-methyl/N-ethyl adjacent to an activating group) is 1. The number of carbonyl (C=O) groups excluding carboxylic acids is 2. The zero-order valence-electron chi connectivity index (χ0n) is 11.3. The lowest BCUT2D eigenvalue weighted by Gasteiger charge is -2.18. The van der Waals surface area contributed by atoms with E-state index in [-0.39, 0.29) is 12.4 Å². The summed E-state index contributed by atoms with van der Waals surface area (Å²) >= 11 is 22.9. The van der Waals surface area contributed by atoms with Crippen LogP contribution >= 0.6 is 46.4 Å². The van der Waals surface area contributed by atoms with E-state index in [4.69, 9.17) is 46.4 Å². The summed E-state index contributed by atoms with van der Waals surface area (Å²) in [5.74, 6) is -0.763. The van der Waals surface area contributed by atoms with Crippen LogP contribution in [-0.2, 0) is 4.79 Å². The third-order valence-corrected chi connectivity index (χ3v) is 4.29. The van der Waals surface area contributed by atoms with Gasteiger partial charge in [-0.25, -0.2) is 14.7 Å². The minimum Gasteiger partial charge on any atom is -0.265 e. The predicted octanol–water partition coefficient (Wildman–Crippen LogP) is 3.81. The van der Waals surface area contributed by atoms with Crippen molar-refractivity contribution in [2.75, 3.05) is 11.4 Å². The smallest absolute Gasteiger partial charge is 0.265 e. The van der Waals surface area contributed by atoms with Gasteiger partial charge in [-0.05, 0) is 19.1 Å². The Kier molecular flexibility index (Phi) is 5.22. The summed E-state index contributed by atoms with van der Waals surface area (Å²) in [4.78, 5) is 30.9. The first-order chi connectivity index (χ1) is 10.3. The number of rotatable bonds is 3. The molecule has 118 valence electrons. The molecular formula is C13H11Cl4N3O2. The van der Waals surface area contributed by atoms with Gasteiger partial charge in [-0.1, -0.05) is 64.6 Å². The van der Waals surface area contributed by atoms with Crippen molar-refractivity contribution in [1.82, 2.24) is 4.90 Å². The average molecular weight is 383 g/mol. The molecule has 1 fully saturated rings. The number of halogens is 4. The second-order valence-corrected chi connectivity index (χ2v) is 7.12. The number of hydrogen-bond acceptors (Lipinski definition) is 3. The number of aliphatic imine (C=N–C) groups is 1. The van der Waals surface area contributed by atoms with Crippen molar-refractivity contribution >= 4 is 69.9 Å². The fourth-order valence-electron chi connectivity index (χ4n) is 1.90. The van der Waals surface area contributed by atoms with E-state index < -0.39 is 21.2 Å². The SMILES string of the molecule is CCN1C(=O)C(=NC(Cl)C(Cl)(Cl)Cl)N(c2ccccc2)C1=O. The summed E-state index contributed by atoms with van der Waals surface area (Å²) in [6, 6.07) is 8.05. The van der Waals surface area contributed by atoms with E-state index in [0.29, 0.717) is 5.69 Å². The summed E-state index contributed by atoms with van der Waals surface area (Å²) in [7, 11) is 0. The molecule has 0 aliphatic carbocycles. The van der Waals surface area contributed by atoms with Gasteiger partial charge in [0.25, 0.3) is 5.91 Å². The minimum absolute atomic E-state index is 0.177. The van der Waals surface area contributed by atoms with E-state index in [1.54, 1.807) is 37.3 Å². The highest BCUT2D eigenvalue weighted by Crippen LogP contribution is 2.35. The molecule has 0 aromatic heterocycles. The Bertz CT molecular complexity index is 615. The quantitative estimate of drug-likeness (QED) is 0.453. The molecule has 1 atom stereocenters. The lowest BCUT2D eigenvalue weighted by molar-refractivity contribution is -0.120. The Labute approximate surface area is 147 Å². The van der Waals surface area contributed by atoms with Gasteiger partial charge in [-0.3, -0.25) is 9.69 Å². The lowest BCUT2D eigenvalue weighted by atomic mass is 10.3. The molecule has 1 aromatic rings. The molecule has 1 unspecified atom stereocenters. The number of para-hydroxylation sites is 1. The van der Waals surface area contributed by atoms with Crippen LogP contribution in [-0.4, -0.2) is 38.5 Å². The molecule has 22 heavy (non-hydrogen) atoms. The maximum atomic E-state index is 12.4. The third-order valence-electron chi connectivity index (χ3n) is 2.91. The molecule has 9 heteroatoms. The second-order valence-electron chi connectivity index (χ2n) is 4.33. The number of alkyl halides is 4. The topological polar surface area (TPSA) is 53.0 Å². The summed E-state index contributed by atoms with van der Waals surface area (Å²) in [5.41, 5.74) is -0.837. The van der Waals surface area contributed by atoms with Gasteiger partial charge in [0, 0.05) is 6.54 Å². The number of amidine groups is 1. The van der Waals surface area contributed by atoms with Crippen LogP contribution in [0.2, 0.25) is 0 Å². The van der Waals surface area contributed by atoms with E-state index >= 15 is 0 Å². The maximum Gasteiger partial charge on any atom is 0.337 e. The molecule has 2 rings (SSSR count). The molecule has 0 radical (unpaired) electrons. The van der Waals surface area contributed by atoms with E-state index in [1.807, 2.05) is 0 Å². The van der Waals surface area contributed by atoms with Crippen LogP contribution in [0.3, 0.4) is 0 Å². The molecule has 1 aliphatic rings. The summed E-state index contributed by atoms with van der Waals surface area (Å²) in [6.45, 7) is 1.87. The number of imide groups is 1. The van der Waals surface area contributed by atoms with Crippen molar-refractivity contribution in [3.8, 4) is 0 Å². The number of nitrogens with zero attached hydrogens (tertiary/aromatic N) is 3. The van der Waals surface area contributed by atoms with Crippen LogP contribution in [0.15, 0.2) is 35.3 Å². The van der Waals surface area contributed by atoms with Gasteiger partial charge in [-0.15, -0.1) is 0 Å². The number of hydrogen-bond donors (Lipinski definition) is 0. The molecule has 3 amide bonds. The van der Waals surface area contributed by atoms with Crippen LogP contribution in [0.4, 0.5) is 10.5 Å². The highest BCUT2D eigenvalue weighted by atomic mass is 35.6. The van der Waals surface area contributed by atoms with E-state index in [9.17, 15) is 9.59 Å². The molecular weight excluding hydrogens is 372 g/mol. The summed E-state index contributed by atoms with van der Waals surface area (Å²) in [6.07, 6.45) is 0. The van der Waals surface area contributed by atoms with Gasteiger partial charge >= 0.3 is 6.03 Å². The zero-order valence-corrected chi connectivity index (χ0v) is 14.4. The molecule has 0 bridgehead atoms. The largest absolute Gasteiger partial charge is 0.337 e. The van der Waals surface area contributed by atoms with Crippen molar-refractivity contribution in [2.24, 2.45) is 4.99 Å². The highest BCUT2D eigenvalue weighted by Gasteiger charge is 2.44. The van der Waals surface area contributed by atoms with Crippen LogP contribution < -0.4 is 4.90 Å². The standard InChI is InChI=1S/C13H11Cl4N3O2/c1-2-19-10(21)9(18-11(14)13(15,16)17)20(12(19)22)8-6-4-3-5-7-8/h3-7,11H,2H2,1H3. The van der Waals surface area contributed by atoms with Crippen molar-refractivity contribution in [3.63, 3.8) is 0 Å². The van der Waals surface area contributed by atoms with Gasteiger partial charge < -0.3 is 0 Å². The fraction of sp³-hybridized carbons (Fsp3) is 0.308. The zero-order chi connectivity index (χ0) is 16.5. The van der Waals surface area contributed by atoms with Crippen molar-refractivity contribution in [1.29, 1.82) is 0 Å². The van der Waals surface area contributed by atoms with E-state index in [2.05, 4.69) is 4.99 Å². The number of benzene rings is 1. The normalized spacial score (nSPS) is 19.2. The minimum atomic E-state index is -1.90. The van der Waals surface area contributed by atoms with Crippen molar-refractivity contribution < 1.29 is 9.59 Å². The summed E-state index contributed by atoms with van der Waals surface area (Å²) < 4.78 is -1.90. The van der Waals surface area contributed by atoms with Gasteiger partial charge in [-0.2, -0.15) is 0 Å². The second kappa shape index (κ2) is 6.62. The Morgan fingerprint density at radius 1 is 1.18 bits per heavy atom. The Morgan fingerprint density at radius 2 is 1.77 bits per heavy atom. The Balaban J connectivity index is 2.50. The molecule has 0 saturated carbocycles. The van der Waals surface area contributed by atoms with Crippen LogP contribution in [0.25, 0.3) is 0 Å². The van der Waals surface area contributed by atoms with Crippen molar-refractivity contribution in [2.45, 2.75) is 16.2 Å². The third kappa shape index (κ3) is 3.33. The molecule has 5 nitrogen and oxygen atoms in total.